The highest BCUT2D eigenvalue weighted by Crippen LogP contribution is 2.27. The highest BCUT2D eigenvalue weighted by Gasteiger charge is 2.17. The van der Waals surface area contributed by atoms with Crippen molar-refractivity contribution in [3.8, 4) is 11.5 Å². The zero-order chi connectivity index (χ0) is 20.1. The second-order valence-electron chi connectivity index (χ2n) is 7.25. The Balaban J connectivity index is 1.34. The van der Waals surface area contributed by atoms with Gasteiger partial charge in [-0.3, -0.25) is 4.90 Å². The van der Waals surface area contributed by atoms with Crippen molar-refractivity contribution in [2.45, 2.75) is 12.5 Å². The van der Waals surface area contributed by atoms with Gasteiger partial charge in [0.1, 0.15) is 17.3 Å². The summed E-state index contributed by atoms with van der Waals surface area (Å²) in [5.74, 6) is 1.36. The van der Waals surface area contributed by atoms with E-state index in [1.54, 1.807) is 12.1 Å². The number of ether oxygens (including phenoxy) is 1. The van der Waals surface area contributed by atoms with Crippen LogP contribution in [0.15, 0.2) is 84.9 Å². The molecule has 1 heterocycles. The summed E-state index contributed by atoms with van der Waals surface area (Å²) < 4.78 is 18.9. The van der Waals surface area contributed by atoms with Crippen LogP contribution >= 0.6 is 0 Å². The van der Waals surface area contributed by atoms with Crippen LogP contribution < -0.4 is 4.74 Å². The van der Waals surface area contributed by atoms with E-state index in [0.717, 1.165) is 36.6 Å². The second-order valence-corrected chi connectivity index (χ2v) is 7.25. The molecule has 0 fully saturated rings. The Kier molecular flexibility index (Phi) is 6.03. The van der Waals surface area contributed by atoms with Gasteiger partial charge in [0.25, 0.3) is 0 Å². The lowest BCUT2D eigenvalue weighted by Crippen LogP contribution is -2.32. The first-order valence-corrected chi connectivity index (χ1v) is 9.85. The van der Waals surface area contributed by atoms with Gasteiger partial charge in [-0.1, -0.05) is 48.5 Å². The lowest BCUT2D eigenvalue weighted by molar-refractivity contribution is 0.119. The molecule has 0 spiro atoms. The lowest BCUT2D eigenvalue weighted by atomic mass is 9.99. The van der Waals surface area contributed by atoms with Crippen molar-refractivity contribution < 1.29 is 14.2 Å². The lowest BCUT2D eigenvalue weighted by Gasteiger charge is -2.28. The normalized spacial score (nSPS) is 15.6. The van der Waals surface area contributed by atoms with Crippen LogP contribution in [0.1, 0.15) is 23.7 Å². The van der Waals surface area contributed by atoms with Gasteiger partial charge in [-0.2, -0.15) is 0 Å². The predicted molar refractivity (Wildman–Crippen MR) is 113 cm³/mol. The number of hydrogen-bond acceptors (Lipinski definition) is 3. The molecule has 0 bridgehead atoms. The van der Waals surface area contributed by atoms with Gasteiger partial charge in [0.15, 0.2) is 0 Å². The molecule has 0 saturated heterocycles. The molecule has 0 saturated carbocycles. The van der Waals surface area contributed by atoms with Crippen LogP contribution in [0.3, 0.4) is 0 Å². The maximum Gasteiger partial charge on any atom is 0.127 e. The average molecular weight is 389 g/mol. The van der Waals surface area contributed by atoms with Crippen LogP contribution in [0.25, 0.3) is 5.57 Å². The van der Waals surface area contributed by atoms with Crippen molar-refractivity contribution in [1.29, 1.82) is 0 Å². The summed E-state index contributed by atoms with van der Waals surface area (Å²) in [6.07, 6.45) is 2.53. The highest BCUT2D eigenvalue weighted by molar-refractivity contribution is 5.67. The molecule has 148 valence electrons. The summed E-state index contributed by atoms with van der Waals surface area (Å²) in [6, 6.07) is 24.0. The topological polar surface area (TPSA) is 32.7 Å². The molecule has 0 aromatic heterocycles. The molecule has 3 aromatic rings. The van der Waals surface area contributed by atoms with Crippen molar-refractivity contribution in [3.63, 3.8) is 0 Å². The van der Waals surface area contributed by atoms with Gasteiger partial charge in [0.2, 0.25) is 0 Å². The molecule has 1 aliphatic rings. The number of hydrogen-bond donors (Lipinski definition) is 1. The second kappa shape index (κ2) is 9.03. The van der Waals surface area contributed by atoms with Crippen molar-refractivity contribution in [1.82, 2.24) is 4.90 Å². The smallest absolute Gasteiger partial charge is 0.127 e. The Morgan fingerprint density at radius 1 is 0.897 bits per heavy atom. The summed E-state index contributed by atoms with van der Waals surface area (Å²) in [5, 5.41) is 10.4. The number of nitrogens with zero attached hydrogens (tertiary/aromatic N) is 1. The number of para-hydroxylation sites is 1. The summed E-state index contributed by atoms with van der Waals surface area (Å²) in [7, 11) is 0. The first-order chi connectivity index (χ1) is 14.2. The van der Waals surface area contributed by atoms with Gasteiger partial charge in [-0.15, -0.1) is 0 Å². The third kappa shape index (κ3) is 5.11. The molecule has 4 heteroatoms. The van der Waals surface area contributed by atoms with Gasteiger partial charge in [-0.05, 0) is 59.5 Å². The standard InChI is InChI=1S/C25H24FNO2/c26-22-10-6-21(7-11-22)25(28)18-27-16-14-20(15-17-27)19-8-12-24(13-9-19)29-23-4-2-1-3-5-23/h1-14,25,28H,15-18H2. The Labute approximate surface area is 170 Å². The SMILES string of the molecule is OC(CN1CC=C(c2ccc(Oc3ccccc3)cc2)CC1)c1ccc(F)cc1. The summed E-state index contributed by atoms with van der Waals surface area (Å²) >= 11 is 0. The molecule has 1 atom stereocenters. The van der Waals surface area contributed by atoms with Gasteiger partial charge in [0.05, 0.1) is 6.10 Å². The van der Waals surface area contributed by atoms with Crippen molar-refractivity contribution in [2.75, 3.05) is 19.6 Å². The third-order valence-electron chi connectivity index (χ3n) is 5.18. The minimum atomic E-state index is -0.611. The van der Waals surface area contributed by atoms with E-state index in [0.29, 0.717) is 6.54 Å². The summed E-state index contributed by atoms with van der Waals surface area (Å²) in [5.41, 5.74) is 3.25. The number of aliphatic hydroxyl groups is 1. The molecule has 3 aromatic carbocycles. The van der Waals surface area contributed by atoms with Crippen LogP contribution in [0.2, 0.25) is 0 Å². The van der Waals surface area contributed by atoms with Gasteiger partial charge >= 0.3 is 0 Å². The molecule has 1 aliphatic heterocycles. The van der Waals surface area contributed by atoms with Crippen molar-refractivity contribution in [3.05, 3.63) is 102 Å². The Hall–Kier alpha value is -2.95. The third-order valence-corrected chi connectivity index (χ3v) is 5.18. The van der Waals surface area contributed by atoms with E-state index in [9.17, 15) is 9.50 Å². The molecule has 1 N–H and O–H groups in total. The Bertz CT molecular complexity index is 952. The zero-order valence-corrected chi connectivity index (χ0v) is 16.2. The van der Waals surface area contributed by atoms with E-state index in [1.807, 2.05) is 42.5 Å². The van der Waals surface area contributed by atoms with Crippen molar-refractivity contribution >= 4 is 5.57 Å². The summed E-state index contributed by atoms with van der Waals surface area (Å²) in [6.45, 7) is 2.21. The van der Waals surface area contributed by atoms with E-state index in [1.165, 1.54) is 23.3 Å². The van der Waals surface area contributed by atoms with E-state index in [-0.39, 0.29) is 5.82 Å². The van der Waals surface area contributed by atoms with E-state index >= 15 is 0 Å². The Morgan fingerprint density at radius 3 is 2.24 bits per heavy atom. The number of rotatable bonds is 6. The fourth-order valence-corrected chi connectivity index (χ4v) is 3.54. The minimum Gasteiger partial charge on any atom is -0.457 e. The van der Waals surface area contributed by atoms with Crippen LogP contribution in [0.5, 0.6) is 11.5 Å². The average Bonchev–Trinajstić information content (AvgIpc) is 2.76. The Morgan fingerprint density at radius 2 is 1.59 bits per heavy atom. The number of benzene rings is 3. The minimum absolute atomic E-state index is 0.285. The molecule has 4 rings (SSSR count). The fraction of sp³-hybridized carbons (Fsp3) is 0.200. The molecular weight excluding hydrogens is 365 g/mol. The molecule has 1 unspecified atom stereocenters. The molecule has 3 nitrogen and oxygen atoms in total. The van der Waals surface area contributed by atoms with E-state index in [4.69, 9.17) is 4.74 Å². The molecule has 0 radical (unpaired) electrons. The van der Waals surface area contributed by atoms with Gasteiger partial charge < -0.3 is 9.84 Å². The van der Waals surface area contributed by atoms with Gasteiger partial charge in [0, 0.05) is 19.6 Å². The van der Waals surface area contributed by atoms with Crippen LogP contribution in [0.4, 0.5) is 4.39 Å². The first kappa shape index (κ1) is 19.4. The zero-order valence-electron chi connectivity index (χ0n) is 16.2. The first-order valence-electron chi connectivity index (χ1n) is 9.85. The van der Waals surface area contributed by atoms with Gasteiger partial charge in [-0.25, -0.2) is 4.39 Å². The molecule has 0 aliphatic carbocycles. The maximum atomic E-state index is 13.0. The van der Waals surface area contributed by atoms with Crippen molar-refractivity contribution in [2.24, 2.45) is 0 Å². The quantitative estimate of drug-likeness (QED) is 0.609. The van der Waals surface area contributed by atoms with Crippen LogP contribution in [-0.2, 0) is 0 Å². The molecule has 29 heavy (non-hydrogen) atoms. The van der Waals surface area contributed by atoms with E-state index in [2.05, 4.69) is 23.1 Å². The predicted octanol–water partition coefficient (Wildman–Crippen LogP) is 5.44. The molecular formula is C25H24FNO2. The summed E-state index contributed by atoms with van der Waals surface area (Å²) in [4.78, 5) is 2.21. The molecule has 0 amide bonds. The number of aliphatic hydroxyl groups excluding tert-OH is 1. The van der Waals surface area contributed by atoms with Crippen LogP contribution in [0, 0.1) is 5.82 Å². The number of β-amino-alcohol motifs (C(OH)–C–C–N with tert-alkyl or cyclic N) is 1. The highest BCUT2D eigenvalue weighted by atomic mass is 19.1. The maximum absolute atomic E-state index is 13.0. The number of halogens is 1. The van der Waals surface area contributed by atoms with E-state index < -0.39 is 6.10 Å². The fourth-order valence-electron chi connectivity index (χ4n) is 3.54. The largest absolute Gasteiger partial charge is 0.457 e. The van der Waals surface area contributed by atoms with Crippen LogP contribution in [-0.4, -0.2) is 29.6 Å². The monoisotopic (exact) mass is 389 g/mol.